The summed E-state index contributed by atoms with van der Waals surface area (Å²) < 4.78 is 11.5. The molecule has 1 aromatic carbocycles. The average Bonchev–Trinajstić information content (AvgIpc) is 3.27. The fourth-order valence-electron chi connectivity index (χ4n) is 5.62. The van der Waals surface area contributed by atoms with Crippen molar-refractivity contribution >= 4 is 40.9 Å². The van der Waals surface area contributed by atoms with Gasteiger partial charge < -0.3 is 30.1 Å². The van der Waals surface area contributed by atoms with Crippen LogP contribution < -0.4 is 20.1 Å². The number of amides is 2. The summed E-state index contributed by atoms with van der Waals surface area (Å²) in [5.41, 5.74) is 0.0702. The summed E-state index contributed by atoms with van der Waals surface area (Å²) in [7, 11) is 1.59. The number of carboxylic acid groups (broad SMARTS) is 1. The molecule has 0 unspecified atom stereocenters. The molecule has 5 rings (SSSR count). The van der Waals surface area contributed by atoms with Crippen LogP contribution in [0, 0.1) is 5.92 Å². The quantitative estimate of drug-likeness (QED) is 0.418. The van der Waals surface area contributed by atoms with Gasteiger partial charge in [0.05, 0.1) is 19.3 Å². The number of hydrogen-bond acceptors (Lipinski definition) is 8. The first-order chi connectivity index (χ1) is 19.8. The predicted octanol–water partition coefficient (Wildman–Crippen LogP) is 4.10. The van der Waals surface area contributed by atoms with Crippen LogP contribution in [-0.4, -0.2) is 70.2 Å². The maximum absolute atomic E-state index is 14.2. The molecule has 41 heavy (non-hydrogen) atoms. The van der Waals surface area contributed by atoms with Crippen LogP contribution in [0.1, 0.15) is 50.6 Å². The maximum Gasteiger partial charge on any atom is 0.330 e. The SMILES string of the molecule is C=Cc1csc(O[C@@H]2C[C@H]3C(=O)N[C@]4(C(=O)O)C[C@H]4/C=C\CCCCC[C@H](Nc4cccc(OC)c4)C(=O)N3C2)n1. The van der Waals surface area contributed by atoms with Crippen LogP contribution in [0.5, 0.6) is 10.9 Å². The van der Waals surface area contributed by atoms with Crippen LogP contribution in [0.4, 0.5) is 5.69 Å². The molecule has 2 aliphatic heterocycles. The number of hydrogen-bond donors (Lipinski definition) is 3. The summed E-state index contributed by atoms with van der Waals surface area (Å²) in [4.78, 5) is 46.1. The molecule has 1 saturated heterocycles. The number of anilines is 1. The summed E-state index contributed by atoms with van der Waals surface area (Å²) in [6.07, 6.45) is 9.68. The zero-order valence-corrected chi connectivity index (χ0v) is 23.9. The van der Waals surface area contributed by atoms with E-state index in [-0.39, 0.29) is 24.8 Å². The number of carbonyl (C=O) groups excluding carboxylic acids is 2. The third-order valence-electron chi connectivity index (χ3n) is 8.01. The first-order valence-electron chi connectivity index (χ1n) is 14.0. The van der Waals surface area contributed by atoms with Crippen molar-refractivity contribution in [2.24, 2.45) is 5.92 Å². The van der Waals surface area contributed by atoms with E-state index in [9.17, 15) is 19.5 Å². The Hall–Kier alpha value is -3.86. The summed E-state index contributed by atoms with van der Waals surface area (Å²) in [6.45, 7) is 3.91. The van der Waals surface area contributed by atoms with Crippen molar-refractivity contribution in [1.82, 2.24) is 15.2 Å². The number of ether oxygens (including phenoxy) is 2. The van der Waals surface area contributed by atoms with Crippen molar-refractivity contribution in [3.8, 4) is 10.9 Å². The van der Waals surface area contributed by atoms with Gasteiger partial charge in [-0.1, -0.05) is 49.0 Å². The van der Waals surface area contributed by atoms with Crippen molar-refractivity contribution in [2.45, 2.75) is 68.7 Å². The molecule has 1 aromatic heterocycles. The lowest BCUT2D eigenvalue weighted by atomic mass is 10.0. The van der Waals surface area contributed by atoms with Gasteiger partial charge in [0.25, 0.3) is 5.19 Å². The van der Waals surface area contributed by atoms with E-state index in [4.69, 9.17) is 9.47 Å². The van der Waals surface area contributed by atoms with Crippen molar-refractivity contribution in [3.63, 3.8) is 0 Å². The van der Waals surface area contributed by atoms with E-state index in [0.29, 0.717) is 29.5 Å². The molecule has 2 fully saturated rings. The number of rotatable bonds is 7. The number of methoxy groups -OCH3 is 1. The maximum atomic E-state index is 14.2. The Bertz CT molecular complexity index is 1330. The topological polar surface area (TPSA) is 130 Å². The van der Waals surface area contributed by atoms with Crippen molar-refractivity contribution in [3.05, 3.63) is 54.1 Å². The normalized spacial score (nSPS) is 29.1. The Morgan fingerprint density at radius 3 is 2.93 bits per heavy atom. The van der Waals surface area contributed by atoms with E-state index in [2.05, 4.69) is 22.2 Å². The van der Waals surface area contributed by atoms with Crippen LogP contribution >= 0.6 is 11.3 Å². The third kappa shape index (κ3) is 6.40. The molecule has 2 aromatic rings. The number of allylic oxidation sites excluding steroid dienone is 1. The molecule has 0 bridgehead atoms. The lowest BCUT2D eigenvalue weighted by molar-refractivity contribution is -0.145. The van der Waals surface area contributed by atoms with Crippen LogP contribution in [0.3, 0.4) is 0 Å². The van der Waals surface area contributed by atoms with Gasteiger partial charge in [0, 0.05) is 29.5 Å². The highest BCUT2D eigenvalue weighted by molar-refractivity contribution is 7.11. The van der Waals surface area contributed by atoms with Crippen LogP contribution in [0.15, 0.2) is 48.4 Å². The molecule has 10 nitrogen and oxygen atoms in total. The number of aromatic nitrogens is 1. The fourth-order valence-corrected chi connectivity index (χ4v) is 6.34. The van der Waals surface area contributed by atoms with E-state index in [1.54, 1.807) is 18.1 Å². The summed E-state index contributed by atoms with van der Waals surface area (Å²) in [5.74, 6) is -1.38. The zero-order chi connectivity index (χ0) is 29.0. The Labute approximate surface area is 243 Å². The van der Waals surface area contributed by atoms with E-state index in [1.165, 1.54) is 11.3 Å². The molecule has 0 radical (unpaired) electrons. The summed E-state index contributed by atoms with van der Waals surface area (Å²) in [5, 5.41) is 18.5. The van der Waals surface area contributed by atoms with Crippen LogP contribution in [0.2, 0.25) is 0 Å². The smallest absolute Gasteiger partial charge is 0.330 e. The van der Waals surface area contributed by atoms with Crippen molar-refractivity contribution < 1.29 is 29.0 Å². The van der Waals surface area contributed by atoms with Gasteiger partial charge in [-0.2, -0.15) is 0 Å². The van der Waals surface area contributed by atoms with Gasteiger partial charge in [0.2, 0.25) is 11.8 Å². The molecule has 3 aliphatic rings. The van der Waals surface area contributed by atoms with Gasteiger partial charge in [0.15, 0.2) is 0 Å². The Morgan fingerprint density at radius 2 is 2.17 bits per heavy atom. The first kappa shape index (κ1) is 28.7. The minimum Gasteiger partial charge on any atom is -0.497 e. The number of thiazole rings is 1. The number of benzene rings is 1. The number of nitrogens with one attached hydrogen (secondary N) is 2. The van der Waals surface area contributed by atoms with Crippen LogP contribution in [0.25, 0.3) is 6.08 Å². The number of carbonyl (C=O) groups is 3. The highest BCUT2D eigenvalue weighted by Crippen LogP contribution is 2.45. The molecular weight excluding hydrogens is 544 g/mol. The summed E-state index contributed by atoms with van der Waals surface area (Å²) >= 11 is 1.32. The lowest BCUT2D eigenvalue weighted by Crippen LogP contribution is -2.55. The standard InChI is InChI=1S/C30H36N4O6S/c1-3-20-18-41-29(32-20)40-23-15-25-26(35)33-30(28(37)38)16-19(30)10-7-5-4-6-8-13-24(27(36)34(25)17-23)31-21-11-9-12-22(14-21)39-2/h3,7,9-12,14,18-19,23-25,31H,1,4-6,8,13,15-17H2,2H3,(H,33,35)(H,37,38)/b10-7-/t19-,23-,24+,25+,30-/m1/s1. The zero-order valence-electron chi connectivity index (χ0n) is 23.1. The minimum atomic E-state index is -1.35. The average molecular weight is 581 g/mol. The Morgan fingerprint density at radius 1 is 1.32 bits per heavy atom. The van der Waals surface area contributed by atoms with E-state index >= 15 is 0 Å². The fraction of sp³-hybridized carbons (Fsp3) is 0.467. The second kappa shape index (κ2) is 12.3. The van der Waals surface area contributed by atoms with E-state index < -0.39 is 35.6 Å². The van der Waals surface area contributed by atoms with Gasteiger partial charge in [-0.05, 0) is 43.9 Å². The largest absolute Gasteiger partial charge is 0.497 e. The van der Waals surface area contributed by atoms with Gasteiger partial charge in [-0.15, -0.1) is 0 Å². The molecule has 1 aliphatic carbocycles. The monoisotopic (exact) mass is 580 g/mol. The second-order valence-corrected chi connectivity index (χ2v) is 11.6. The number of carboxylic acids is 1. The number of fused-ring (bicyclic) bond motifs is 2. The number of aliphatic carboxylic acids is 1. The van der Waals surface area contributed by atoms with Gasteiger partial charge >= 0.3 is 5.97 Å². The Kier molecular flexibility index (Phi) is 8.63. The minimum absolute atomic E-state index is 0.180. The molecule has 1 saturated carbocycles. The molecule has 2 amide bonds. The van der Waals surface area contributed by atoms with Crippen molar-refractivity contribution in [2.75, 3.05) is 19.0 Å². The molecule has 218 valence electrons. The van der Waals surface area contributed by atoms with Gasteiger partial charge in [0.1, 0.15) is 29.5 Å². The third-order valence-corrected chi connectivity index (χ3v) is 8.76. The molecular formula is C30H36N4O6S. The van der Waals surface area contributed by atoms with Gasteiger partial charge in [-0.25, -0.2) is 9.78 Å². The lowest BCUT2D eigenvalue weighted by Gasteiger charge is -2.30. The molecule has 3 heterocycles. The van der Waals surface area contributed by atoms with E-state index in [0.717, 1.165) is 31.4 Å². The van der Waals surface area contributed by atoms with E-state index in [1.807, 2.05) is 41.8 Å². The van der Waals surface area contributed by atoms with Gasteiger partial charge in [-0.3, -0.25) is 9.59 Å². The Balaban J connectivity index is 1.43. The van der Waals surface area contributed by atoms with Crippen molar-refractivity contribution in [1.29, 1.82) is 0 Å². The number of nitrogens with zero attached hydrogens (tertiary/aromatic N) is 2. The molecule has 3 N–H and O–H groups in total. The predicted molar refractivity (Wildman–Crippen MR) is 156 cm³/mol. The first-order valence-corrected chi connectivity index (χ1v) is 14.9. The highest BCUT2D eigenvalue weighted by atomic mass is 32.1. The van der Waals surface area contributed by atoms with Crippen LogP contribution in [-0.2, 0) is 14.4 Å². The highest BCUT2D eigenvalue weighted by Gasteiger charge is 2.61. The molecule has 0 spiro atoms. The summed E-state index contributed by atoms with van der Waals surface area (Å²) in [6, 6.07) is 5.92. The second-order valence-electron chi connectivity index (χ2n) is 10.8. The molecule has 5 atom stereocenters. The molecule has 11 heteroatoms.